The lowest BCUT2D eigenvalue weighted by atomic mass is 9.82. The van der Waals surface area contributed by atoms with Crippen LogP contribution in [-0.4, -0.2) is 54.3 Å². The summed E-state index contributed by atoms with van der Waals surface area (Å²) in [5.41, 5.74) is 0.0766. The van der Waals surface area contributed by atoms with E-state index in [4.69, 9.17) is 0 Å². The van der Waals surface area contributed by atoms with Gasteiger partial charge in [-0.15, -0.1) is 0 Å². The molecule has 2 rings (SSSR count). The van der Waals surface area contributed by atoms with Crippen LogP contribution in [0.15, 0.2) is 24.4 Å². The van der Waals surface area contributed by atoms with Crippen molar-refractivity contribution in [3.8, 4) is 0 Å². The Balaban J connectivity index is 1.88. The molecule has 1 aromatic rings. The van der Waals surface area contributed by atoms with Gasteiger partial charge in [0.25, 0.3) is 0 Å². The fourth-order valence-electron chi connectivity index (χ4n) is 2.90. The minimum absolute atomic E-state index is 0.0766. The lowest BCUT2D eigenvalue weighted by molar-refractivity contribution is 0.0633. The Labute approximate surface area is 122 Å². The molecule has 20 heavy (non-hydrogen) atoms. The molecule has 0 bridgehead atoms. The molecule has 0 atom stereocenters. The molecule has 0 radical (unpaired) electrons. The average molecular weight is 277 g/mol. The monoisotopic (exact) mass is 277 g/mol. The average Bonchev–Trinajstić information content (AvgIpc) is 2.54. The van der Waals surface area contributed by atoms with Crippen LogP contribution in [0.4, 0.5) is 5.82 Å². The van der Waals surface area contributed by atoms with Crippen molar-refractivity contribution in [1.29, 1.82) is 0 Å². The maximum absolute atomic E-state index is 9.69. The van der Waals surface area contributed by atoms with Crippen molar-refractivity contribution in [2.24, 2.45) is 5.41 Å². The Hall–Kier alpha value is -1.13. The fraction of sp³-hybridized carbons (Fsp3) is 0.688. The van der Waals surface area contributed by atoms with Gasteiger partial charge in [0.05, 0.1) is 0 Å². The third kappa shape index (κ3) is 3.49. The molecule has 4 heteroatoms. The van der Waals surface area contributed by atoms with Crippen molar-refractivity contribution in [3.63, 3.8) is 0 Å². The van der Waals surface area contributed by atoms with Gasteiger partial charge in [-0.1, -0.05) is 19.9 Å². The standard InChI is InChI=1S/C16H27N3O/c1-3-16(4-2,14-20)13-18-9-11-19(12-10-18)15-7-5-6-8-17-15/h5-8,20H,3-4,9-14H2,1-2H3. The van der Waals surface area contributed by atoms with E-state index in [1.807, 2.05) is 18.3 Å². The molecule has 0 amide bonds. The van der Waals surface area contributed by atoms with E-state index in [1.165, 1.54) is 0 Å². The van der Waals surface area contributed by atoms with Crippen LogP contribution in [0, 0.1) is 5.41 Å². The second-order valence-electron chi connectivity index (χ2n) is 5.82. The predicted molar refractivity (Wildman–Crippen MR) is 83.0 cm³/mol. The lowest BCUT2D eigenvalue weighted by Crippen LogP contribution is -2.50. The van der Waals surface area contributed by atoms with Crippen molar-refractivity contribution in [3.05, 3.63) is 24.4 Å². The highest BCUT2D eigenvalue weighted by Gasteiger charge is 2.29. The molecule has 1 aliphatic rings. The quantitative estimate of drug-likeness (QED) is 0.863. The maximum Gasteiger partial charge on any atom is 0.128 e. The van der Waals surface area contributed by atoms with E-state index in [0.29, 0.717) is 6.61 Å². The molecule has 1 fully saturated rings. The van der Waals surface area contributed by atoms with E-state index in [2.05, 4.69) is 34.7 Å². The lowest BCUT2D eigenvalue weighted by Gasteiger charge is -2.41. The van der Waals surface area contributed by atoms with Gasteiger partial charge in [0, 0.05) is 50.9 Å². The van der Waals surface area contributed by atoms with Crippen molar-refractivity contribution < 1.29 is 5.11 Å². The molecule has 4 nitrogen and oxygen atoms in total. The first-order chi connectivity index (χ1) is 9.73. The Morgan fingerprint density at radius 2 is 1.85 bits per heavy atom. The van der Waals surface area contributed by atoms with Gasteiger partial charge in [-0.05, 0) is 25.0 Å². The Morgan fingerprint density at radius 1 is 1.15 bits per heavy atom. The number of hydrogen-bond donors (Lipinski definition) is 1. The van der Waals surface area contributed by atoms with Gasteiger partial charge in [-0.3, -0.25) is 4.90 Å². The third-order valence-electron chi connectivity index (χ3n) is 4.74. The van der Waals surface area contributed by atoms with Crippen molar-refractivity contribution >= 4 is 5.82 Å². The Morgan fingerprint density at radius 3 is 2.35 bits per heavy atom. The van der Waals surface area contributed by atoms with E-state index >= 15 is 0 Å². The summed E-state index contributed by atoms with van der Waals surface area (Å²) in [6.07, 6.45) is 3.94. The summed E-state index contributed by atoms with van der Waals surface area (Å²) in [5.74, 6) is 1.08. The second kappa shape index (κ2) is 7.04. The molecule has 0 aromatic carbocycles. The Bertz CT molecular complexity index is 376. The van der Waals surface area contributed by atoms with E-state index in [-0.39, 0.29) is 5.41 Å². The molecule has 0 saturated carbocycles. The zero-order valence-electron chi connectivity index (χ0n) is 12.8. The van der Waals surface area contributed by atoms with Gasteiger partial charge < -0.3 is 10.0 Å². The van der Waals surface area contributed by atoms with Gasteiger partial charge in [0.1, 0.15) is 5.82 Å². The third-order valence-corrected chi connectivity index (χ3v) is 4.74. The van der Waals surface area contributed by atoms with Gasteiger partial charge >= 0.3 is 0 Å². The largest absolute Gasteiger partial charge is 0.396 e. The van der Waals surface area contributed by atoms with Gasteiger partial charge in [0.15, 0.2) is 0 Å². The number of aliphatic hydroxyl groups excluding tert-OH is 1. The minimum atomic E-state index is 0.0766. The topological polar surface area (TPSA) is 39.6 Å². The predicted octanol–water partition coefficient (Wildman–Crippen LogP) is 2.00. The van der Waals surface area contributed by atoms with E-state index < -0.39 is 0 Å². The number of aromatic nitrogens is 1. The molecule has 1 saturated heterocycles. The summed E-state index contributed by atoms with van der Waals surface area (Å²) in [6.45, 7) is 9.81. The molecule has 0 unspecified atom stereocenters. The number of anilines is 1. The summed E-state index contributed by atoms with van der Waals surface area (Å²) in [5, 5.41) is 9.69. The maximum atomic E-state index is 9.69. The van der Waals surface area contributed by atoms with Crippen molar-refractivity contribution in [1.82, 2.24) is 9.88 Å². The SMILES string of the molecule is CCC(CC)(CO)CN1CCN(c2ccccn2)CC1. The normalized spacial score (nSPS) is 17.4. The molecular weight excluding hydrogens is 250 g/mol. The van der Waals surface area contributed by atoms with Gasteiger partial charge in [-0.25, -0.2) is 4.98 Å². The number of aliphatic hydroxyl groups is 1. The molecule has 112 valence electrons. The molecule has 0 aliphatic carbocycles. The highest BCUT2D eigenvalue weighted by molar-refractivity contribution is 5.38. The van der Waals surface area contributed by atoms with Gasteiger partial charge in [0.2, 0.25) is 0 Å². The van der Waals surface area contributed by atoms with Crippen LogP contribution in [0.25, 0.3) is 0 Å². The molecule has 1 aromatic heterocycles. The molecule has 1 aliphatic heterocycles. The number of pyridine rings is 1. The van der Waals surface area contributed by atoms with Crippen molar-refractivity contribution in [2.75, 3.05) is 44.2 Å². The van der Waals surface area contributed by atoms with Crippen LogP contribution < -0.4 is 4.90 Å². The van der Waals surface area contributed by atoms with Crippen LogP contribution in [0.2, 0.25) is 0 Å². The molecule has 0 spiro atoms. The first-order valence-electron chi connectivity index (χ1n) is 7.72. The van der Waals surface area contributed by atoms with E-state index in [0.717, 1.165) is 51.4 Å². The fourth-order valence-corrected chi connectivity index (χ4v) is 2.90. The van der Waals surface area contributed by atoms with Crippen LogP contribution in [0.5, 0.6) is 0 Å². The summed E-state index contributed by atoms with van der Waals surface area (Å²) in [6, 6.07) is 6.07. The van der Waals surface area contributed by atoms with E-state index in [9.17, 15) is 5.11 Å². The molecule has 1 N–H and O–H groups in total. The smallest absolute Gasteiger partial charge is 0.128 e. The van der Waals surface area contributed by atoms with Crippen LogP contribution in [-0.2, 0) is 0 Å². The van der Waals surface area contributed by atoms with Crippen LogP contribution in [0.1, 0.15) is 26.7 Å². The summed E-state index contributed by atoms with van der Waals surface area (Å²) < 4.78 is 0. The highest BCUT2D eigenvalue weighted by Crippen LogP contribution is 2.27. The van der Waals surface area contributed by atoms with Crippen LogP contribution in [0.3, 0.4) is 0 Å². The number of piperazine rings is 1. The summed E-state index contributed by atoms with van der Waals surface area (Å²) in [4.78, 5) is 9.25. The first-order valence-corrected chi connectivity index (χ1v) is 7.72. The molecule has 2 heterocycles. The van der Waals surface area contributed by atoms with Crippen LogP contribution >= 0.6 is 0 Å². The van der Waals surface area contributed by atoms with Crippen molar-refractivity contribution in [2.45, 2.75) is 26.7 Å². The zero-order chi connectivity index (χ0) is 14.4. The first kappa shape index (κ1) is 15.3. The minimum Gasteiger partial charge on any atom is -0.396 e. The van der Waals surface area contributed by atoms with Gasteiger partial charge in [-0.2, -0.15) is 0 Å². The number of hydrogen-bond acceptors (Lipinski definition) is 4. The number of nitrogens with zero attached hydrogens (tertiary/aromatic N) is 3. The second-order valence-corrected chi connectivity index (χ2v) is 5.82. The van der Waals surface area contributed by atoms with E-state index in [1.54, 1.807) is 0 Å². The summed E-state index contributed by atoms with van der Waals surface area (Å²) >= 11 is 0. The number of rotatable bonds is 6. The highest BCUT2D eigenvalue weighted by atomic mass is 16.3. The zero-order valence-corrected chi connectivity index (χ0v) is 12.8. The Kier molecular flexibility index (Phi) is 5.38. The molecular formula is C16H27N3O. The summed E-state index contributed by atoms with van der Waals surface area (Å²) in [7, 11) is 0.